The number of hydrogen-bond donors (Lipinski definition) is 1. The van der Waals surface area contributed by atoms with Gasteiger partial charge in [0, 0.05) is 17.4 Å². The van der Waals surface area contributed by atoms with Gasteiger partial charge in [0.25, 0.3) is 0 Å². The van der Waals surface area contributed by atoms with Crippen LogP contribution in [0.5, 0.6) is 5.75 Å². The first kappa shape index (κ1) is 19.0. The third-order valence-electron chi connectivity index (χ3n) is 5.84. The molecule has 0 spiro atoms. The van der Waals surface area contributed by atoms with E-state index in [-0.39, 0.29) is 5.92 Å². The molecule has 0 radical (unpaired) electrons. The molecule has 0 saturated heterocycles. The van der Waals surface area contributed by atoms with Gasteiger partial charge in [0.05, 0.1) is 0 Å². The van der Waals surface area contributed by atoms with Gasteiger partial charge in [0.1, 0.15) is 5.75 Å². The molecule has 0 saturated carbocycles. The van der Waals surface area contributed by atoms with E-state index in [1.54, 1.807) is 6.07 Å². The van der Waals surface area contributed by atoms with Crippen molar-refractivity contribution in [3.63, 3.8) is 0 Å². The summed E-state index contributed by atoms with van der Waals surface area (Å²) in [5.41, 5.74) is 7.06. The van der Waals surface area contributed by atoms with Crippen molar-refractivity contribution in [2.75, 3.05) is 0 Å². The average molecular weight is 379 g/mol. The van der Waals surface area contributed by atoms with Crippen molar-refractivity contribution >= 4 is 0 Å². The quantitative estimate of drug-likeness (QED) is 0.384. The minimum Gasteiger partial charge on any atom is -0.508 e. The molecular formula is C28H26O. The molecular weight excluding hydrogens is 352 g/mol. The van der Waals surface area contributed by atoms with Gasteiger partial charge < -0.3 is 5.11 Å². The van der Waals surface area contributed by atoms with Crippen LogP contribution in [-0.2, 0) is 0 Å². The summed E-state index contributed by atoms with van der Waals surface area (Å²) in [6.45, 7) is 4.39. The number of phenolic OH excluding ortho intramolecular Hbond substituents is 1. The Labute approximate surface area is 173 Å². The largest absolute Gasteiger partial charge is 0.508 e. The second-order valence-electron chi connectivity index (χ2n) is 7.66. The smallest absolute Gasteiger partial charge is 0.119 e. The molecule has 29 heavy (non-hydrogen) atoms. The summed E-state index contributed by atoms with van der Waals surface area (Å²) < 4.78 is 0. The maximum atomic E-state index is 10.5. The van der Waals surface area contributed by atoms with Crippen LogP contribution in [0.25, 0.3) is 11.1 Å². The lowest BCUT2D eigenvalue weighted by Gasteiger charge is -2.18. The van der Waals surface area contributed by atoms with Crippen molar-refractivity contribution in [1.82, 2.24) is 0 Å². The minimum absolute atomic E-state index is 0.111. The van der Waals surface area contributed by atoms with Crippen molar-refractivity contribution in [3.8, 4) is 16.9 Å². The molecule has 4 rings (SSSR count). The highest BCUT2D eigenvalue weighted by molar-refractivity contribution is 5.66. The number of aromatic hydroxyl groups is 1. The molecule has 1 N–H and O–H groups in total. The third kappa shape index (κ3) is 4.09. The topological polar surface area (TPSA) is 20.2 Å². The molecule has 0 aliphatic rings. The van der Waals surface area contributed by atoms with Gasteiger partial charge in [-0.25, -0.2) is 0 Å². The van der Waals surface area contributed by atoms with Crippen LogP contribution in [0.15, 0.2) is 103 Å². The van der Waals surface area contributed by atoms with Crippen LogP contribution >= 0.6 is 0 Å². The Balaban J connectivity index is 1.61. The zero-order valence-corrected chi connectivity index (χ0v) is 16.9. The average Bonchev–Trinajstić information content (AvgIpc) is 2.80. The molecule has 0 aliphatic carbocycles. The molecule has 2 unspecified atom stereocenters. The van der Waals surface area contributed by atoms with Crippen LogP contribution in [0.1, 0.15) is 47.9 Å². The Morgan fingerprint density at radius 2 is 1.03 bits per heavy atom. The van der Waals surface area contributed by atoms with Crippen LogP contribution in [0, 0.1) is 0 Å². The Kier molecular flexibility index (Phi) is 5.48. The van der Waals surface area contributed by atoms with Crippen LogP contribution in [0.4, 0.5) is 0 Å². The Morgan fingerprint density at radius 3 is 1.66 bits per heavy atom. The van der Waals surface area contributed by atoms with Gasteiger partial charge in [0.2, 0.25) is 0 Å². The minimum atomic E-state index is 0.111. The normalized spacial score (nSPS) is 13.0. The van der Waals surface area contributed by atoms with E-state index in [1.807, 2.05) is 24.3 Å². The molecule has 0 aliphatic heterocycles. The molecule has 1 nitrogen and oxygen atoms in total. The molecule has 4 aromatic rings. The van der Waals surface area contributed by atoms with Crippen LogP contribution < -0.4 is 0 Å². The summed E-state index contributed by atoms with van der Waals surface area (Å²) in [7, 11) is 0. The molecule has 144 valence electrons. The van der Waals surface area contributed by atoms with Crippen LogP contribution in [-0.4, -0.2) is 5.11 Å². The van der Waals surface area contributed by atoms with Crippen molar-refractivity contribution in [2.24, 2.45) is 0 Å². The van der Waals surface area contributed by atoms with E-state index in [2.05, 4.69) is 86.6 Å². The first-order valence-electron chi connectivity index (χ1n) is 10.2. The highest BCUT2D eigenvalue weighted by atomic mass is 16.3. The predicted octanol–water partition coefficient (Wildman–Crippen LogP) is 7.36. The standard InChI is InChI=1S/C28H26O/c1-20(22-9-5-3-6-10-22)23-13-15-24(16-14-23)21(2)27-19-26(17-18-28(27)29)25-11-7-4-8-12-25/h3-21,29H,1-2H3. The van der Waals surface area contributed by atoms with E-state index in [0.717, 1.165) is 16.7 Å². The second kappa shape index (κ2) is 8.36. The zero-order chi connectivity index (χ0) is 20.2. The molecule has 2 atom stereocenters. The molecule has 0 fully saturated rings. The maximum Gasteiger partial charge on any atom is 0.119 e. The highest BCUT2D eigenvalue weighted by Crippen LogP contribution is 2.35. The first-order chi connectivity index (χ1) is 14.1. The Hall–Kier alpha value is -3.32. The lowest BCUT2D eigenvalue weighted by atomic mass is 9.87. The summed E-state index contributed by atoms with van der Waals surface area (Å²) >= 11 is 0. The number of phenols is 1. The van der Waals surface area contributed by atoms with E-state index >= 15 is 0 Å². The fourth-order valence-electron chi connectivity index (χ4n) is 3.90. The maximum absolute atomic E-state index is 10.5. The molecule has 0 amide bonds. The Bertz CT molecular complexity index is 1070. The van der Waals surface area contributed by atoms with E-state index in [4.69, 9.17) is 0 Å². The van der Waals surface area contributed by atoms with Gasteiger partial charge >= 0.3 is 0 Å². The Morgan fingerprint density at radius 1 is 0.517 bits per heavy atom. The van der Waals surface area contributed by atoms with E-state index in [0.29, 0.717) is 11.7 Å². The van der Waals surface area contributed by atoms with Crippen LogP contribution in [0.3, 0.4) is 0 Å². The van der Waals surface area contributed by atoms with E-state index in [9.17, 15) is 5.11 Å². The van der Waals surface area contributed by atoms with Gasteiger partial charge in [-0.15, -0.1) is 0 Å². The number of rotatable bonds is 5. The first-order valence-corrected chi connectivity index (χ1v) is 10.2. The molecule has 0 heterocycles. The molecule has 0 bridgehead atoms. The highest BCUT2D eigenvalue weighted by Gasteiger charge is 2.15. The SMILES string of the molecule is CC(c1ccccc1)c1ccc(C(C)c2cc(-c3ccccc3)ccc2O)cc1. The number of benzene rings is 4. The van der Waals surface area contributed by atoms with Gasteiger partial charge in [-0.05, 0) is 39.9 Å². The predicted molar refractivity (Wildman–Crippen MR) is 121 cm³/mol. The summed E-state index contributed by atoms with van der Waals surface area (Å²) in [4.78, 5) is 0. The number of hydrogen-bond acceptors (Lipinski definition) is 1. The fraction of sp³-hybridized carbons (Fsp3) is 0.143. The van der Waals surface area contributed by atoms with Crippen molar-refractivity contribution in [1.29, 1.82) is 0 Å². The van der Waals surface area contributed by atoms with Gasteiger partial charge in [-0.2, -0.15) is 0 Å². The molecule has 0 aromatic heterocycles. The summed E-state index contributed by atoms with van der Waals surface area (Å²) in [6.07, 6.45) is 0. The zero-order valence-electron chi connectivity index (χ0n) is 16.9. The lowest BCUT2D eigenvalue weighted by molar-refractivity contribution is 0.466. The third-order valence-corrected chi connectivity index (χ3v) is 5.84. The van der Waals surface area contributed by atoms with Crippen molar-refractivity contribution in [3.05, 3.63) is 125 Å². The molecule has 1 heteroatoms. The summed E-state index contributed by atoms with van der Waals surface area (Å²) in [5.74, 6) is 0.814. The lowest BCUT2D eigenvalue weighted by Crippen LogP contribution is -2.00. The fourth-order valence-corrected chi connectivity index (χ4v) is 3.90. The summed E-state index contributed by atoms with van der Waals surface area (Å²) in [5, 5.41) is 10.5. The van der Waals surface area contributed by atoms with Gasteiger partial charge in [-0.1, -0.05) is 105 Å². The van der Waals surface area contributed by atoms with Gasteiger partial charge in [-0.3, -0.25) is 0 Å². The van der Waals surface area contributed by atoms with Crippen LogP contribution in [0.2, 0.25) is 0 Å². The molecule has 4 aromatic carbocycles. The van der Waals surface area contributed by atoms with E-state index in [1.165, 1.54) is 16.7 Å². The van der Waals surface area contributed by atoms with Crippen molar-refractivity contribution in [2.45, 2.75) is 25.7 Å². The van der Waals surface area contributed by atoms with E-state index < -0.39 is 0 Å². The second-order valence-corrected chi connectivity index (χ2v) is 7.66. The van der Waals surface area contributed by atoms with Crippen molar-refractivity contribution < 1.29 is 5.11 Å². The summed E-state index contributed by atoms with van der Waals surface area (Å²) in [6, 6.07) is 35.6. The van der Waals surface area contributed by atoms with Gasteiger partial charge in [0.15, 0.2) is 0 Å². The monoisotopic (exact) mass is 378 g/mol.